The molecule has 1 aromatic carbocycles. The summed E-state index contributed by atoms with van der Waals surface area (Å²) in [5.41, 5.74) is 0.544. The highest BCUT2D eigenvalue weighted by Gasteiger charge is 2.41. The molecule has 0 aliphatic carbocycles. The summed E-state index contributed by atoms with van der Waals surface area (Å²) < 4.78 is 72.1. The summed E-state index contributed by atoms with van der Waals surface area (Å²) in [7, 11) is 1.45. The second-order valence-electron chi connectivity index (χ2n) is 6.58. The average Bonchev–Trinajstić information content (AvgIpc) is 2.95. The van der Waals surface area contributed by atoms with Crippen molar-refractivity contribution in [2.24, 2.45) is 5.92 Å². The molecule has 0 spiro atoms. The van der Waals surface area contributed by atoms with Crippen LogP contribution in [0.1, 0.15) is 18.9 Å². The van der Waals surface area contributed by atoms with Gasteiger partial charge in [0.1, 0.15) is 6.54 Å². The van der Waals surface area contributed by atoms with Crippen molar-refractivity contribution >= 4 is 11.8 Å². The fraction of sp³-hybridized carbons (Fsp3) is 0.556. The Morgan fingerprint density at radius 1 is 1.31 bits per heavy atom. The van der Waals surface area contributed by atoms with E-state index in [1.165, 1.54) is 30.1 Å². The van der Waals surface area contributed by atoms with Crippen molar-refractivity contribution in [2.45, 2.75) is 32.7 Å². The van der Waals surface area contributed by atoms with E-state index in [2.05, 4.69) is 4.74 Å². The highest BCUT2D eigenvalue weighted by molar-refractivity contribution is 5.89. The molecule has 1 heterocycles. The fourth-order valence-electron chi connectivity index (χ4n) is 3.08. The van der Waals surface area contributed by atoms with Gasteiger partial charge in [0.2, 0.25) is 11.8 Å². The molecule has 2 rings (SSSR count). The number of nitrogens with zero attached hydrogens (tertiary/aromatic N) is 2. The largest absolute Gasteiger partial charge is 0.490 e. The van der Waals surface area contributed by atoms with Crippen molar-refractivity contribution in [1.29, 1.82) is 0 Å². The van der Waals surface area contributed by atoms with E-state index in [-0.39, 0.29) is 37.6 Å². The summed E-state index contributed by atoms with van der Waals surface area (Å²) in [4.78, 5) is 26.2. The number of carbonyl (C=O) groups is 2. The molecular weight excluding hydrogens is 403 g/mol. The van der Waals surface area contributed by atoms with Gasteiger partial charge < -0.3 is 19.3 Å². The van der Waals surface area contributed by atoms with E-state index < -0.39 is 37.1 Å². The van der Waals surface area contributed by atoms with Crippen molar-refractivity contribution in [3.8, 4) is 11.5 Å². The predicted octanol–water partition coefficient (Wildman–Crippen LogP) is 3.06. The first-order chi connectivity index (χ1) is 13.5. The number of ether oxygens (including phenoxy) is 2. The molecule has 0 radical (unpaired) electrons. The van der Waals surface area contributed by atoms with Crippen molar-refractivity contribution < 1.29 is 41.0 Å². The second-order valence-corrected chi connectivity index (χ2v) is 6.58. The van der Waals surface area contributed by atoms with Crippen LogP contribution in [0, 0.1) is 5.92 Å². The molecule has 29 heavy (non-hydrogen) atoms. The minimum atomic E-state index is -4.53. The number of alkyl halides is 5. The zero-order valence-electron chi connectivity index (χ0n) is 15.8. The topological polar surface area (TPSA) is 59.1 Å². The summed E-state index contributed by atoms with van der Waals surface area (Å²) in [6.07, 6.45) is -4.82. The van der Waals surface area contributed by atoms with Gasteiger partial charge in [0, 0.05) is 26.6 Å². The first-order valence-corrected chi connectivity index (χ1v) is 8.80. The number of halogens is 5. The standard InChI is InChI=1S/C18H21F5N2O4/c1-3-28-14-6-11(4-5-13(14)29-17(19)20)8-24(2)16(27)12-7-15(26)25(9-12)10-18(21,22)23/h4-6,12,17H,3,7-10H2,1-2H3. The summed E-state index contributed by atoms with van der Waals surface area (Å²) >= 11 is 0. The van der Waals surface area contributed by atoms with Gasteiger partial charge in [0.15, 0.2) is 11.5 Å². The normalized spacial score (nSPS) is 17.0. The van der Waals surface area contributed by atoms with Crippen molar-refractivity contribution in [2.75, 3.05) is 26.7 Å². The number of amides is 2. The Bertz CT molecular complexity index is 741. The van der Waals surface area contributed by atoms with Crippen molar-refractivity contribution in [1.82, 2.24) is 9.80 Å². The Hall–Kier alpha value is -2.59. The summed E-state index contributed by atoms with van der Waals surface area (Å²) in [6.45, 7) is -2.79. The zero-order valence-corrected chi connectivity index (χ0v) is 15.8. The molecule has 1 saturated heterocycles. The molecule has 0 aromatic heterocycles. The maximum atomic E-state index is 12.5. The van der Waals surface area contributed by atoms with E-state index in [1.54, 1.807) is 6.92 Å². The number of hydrogen-bond donors (Lipinski definition) is 0. The SMILES string of the molecule is CCOc1cc(CN(C)C(=O)C2CC(=O)N(CC(F)(F)F)C2)ccc1OC(F)F. The van der Waals surface area contributed by atoms with Gasteiger partial charge in [-0.2, -0.15) is 22.0 Å². The van der Waals surface area contributed by atoms with Gasteiger partial charge in [-0.3, -0.25) is 9.59 Å². The van der Waals surface area contributed by atoms with Crippen LogP contribution in [0.15, 0.2) is 18.2 Å². The molecule has 1 aliphatic heterocycles. The zero-order chi connectivity index (χ0) is 21.8. The third-order valence-corrected chi connectivity index (χ3v) is 4.25. The van der Waals surface area contributed by atoms with Crippen molar-refractivity contribution in [3.05, 3.63) is 23.8 Å². The first kappa shape index (κ1) is 22.7. The van der Waals surface area contributed by atoms with E-state index >= 15 is 0 Å². The lowest BCUT2D eigenvalue weighted by molar-refractivity contribution is -0.157. The maximum Gasteiger partial charge on any atom is 0.406 e. The lowest BCUT2D eigenvalue weighted by Gasteiger charge is -2.22. The van der Waals surface area contributed by atoms with Gasteiger partial charge >= 0.3 is 12.8 Å². The van der Waals surface area contributed by atoms with Crippen LogP contribution in [0.4, 0.5) is 22.0 Å². The molecule has 1 aliphatic rings. The minimum Gasteiger partial charge on any atom is -0.490 e. The van der Waals surface area contributed by atoms with Gasteiger partial charge in [-0.1, -0.05) is 6.07 Å². The molecule has 11 heteroatoms. The molecule has 0 saturated carbocycles. The molecule has 2 amide bonds. The Labute approximate surface area is 164 Å². The molecular formula is C18H21F5N2O4. The van der Waals surface area contributed by atoms with Crippen LogP contribution >= 0.6 is 0 Å². The smallest absolute Gasteiger partial charge is 0.406 e. The summed E-state index contributed by atoms with van der Waals surface area (Å²) in [5.74, 6) is -2.14. The van der Waals surface area contributed by atoms with Crippen LogP contribution in [0.2, 0.25) is 0 Å². The highest BCUT2D eigenvalue weighted by atomic mass is 19.4. The van der Waals surface area contributed by atoms with Gasteiger partial charge in [0.25, 0.3) is 0 Å². The van der Waals surface area contributed by atoms with E-state index in [1.807, 2.05) is 0 Å². The highest BCUT2D eigenvalue weighted by Crippen LogP contribution is 2.31. The summed E-state index contributed by atoms with van der Waals surface area (Å²) in [5, 5.41) is 0. The minimum absolute atomic E-state index is 0.0534. The van der Waals surface area contributed by atoms with Crippen LogP contribution in [-0.2, 0) is 16.1 Å². The van der Waals surface area contributed by atoms with Crippen LogP contribution < -0.4 is 9.47 Å². The number of rotatable bonds is 8. The second kappa shape index (κ2) is 9.27. The van der Waals surface area contributed by atoms with E-state index in [0.717, 1.165) is 0 Å². The first-order valence-electron chi connectivity index (χ1n) is 8.80. The molecule has 1 aromatic rings. The Morgan fingerprint density at radius 2 is 2.00 bits per heavy atom. The number of benzene rings is 1. The average molecular weight is 424 g/mol. The molecule has 1 fully saturated rings. The van der Waals surface area contributed by atoms with Crippen LogP contribution in [0.25, 0.3) is 0 Å². The fourth-order valence-corrected chi connectivity index (χ4v) is 3.08. The van der Waals surface area contributed by atoms with Crippen LogP contribution in [-0.4, -0.2) is 61.1 Å². The monoisotopic (exact) mass is 424 g/mol. The van der Waals surface area contributed by atoms with Gasteiger partial charge in [-0.05, 0) is 24.6 Å². The predicted molar refractivity (Wildman–Crippen MR) is 91.5 cm³/mol. The van der Waals surface area contributed by atoms with Gasteiger partial charge in [-0.15, -0.1) is 0 Å². The summed E-state index contributed by atoms with van der Waals surface area (Å²) in [6, 6.07) is 4.20. The number of hydrogen-bond acceptors (Lipinski definition) is 4. The molecule has 0 N–H and O–H groups in total. The maximum absolute atomic E-state index is 12.5. The van der Waals surface area contributed by atoms with Gasteiger partial charge in [-0.25, -0.2) is 0 Å². The number of likely N-dealkylation sites (tertiary alicyclic amines) is 1. The van der Waals surface area contributed by atoms with E-state index in [4.69, 9.17) is 4.74 Å². The Balaban J connectivity index is 2.04. The van der Waals surface area contributed by atoms with Crippen LogP contribution in [0.5, 0.6) is 11.5 Å². The lowest BCUT2D eigenvalue weighted by atomic mass is 10.1. The Kier molecular flexibility index (Phi) is 7.26. The van der Waals surface area contributed by atoms with Gasteiger partial charge in [0.05, 0.1) is 12.5 Å². The number of carbonyl (C=O) groups excluding carboxylic acids is 2. The third kappa shape index (κ3) is 6.47. The molecule has 0 bridgehead atoms. The molecule has 162 valence electrons. The quantitative estimate of drug-likeness (QED) is 0.602. The molecule has 6 nitrogen and oxygen atoms in total. The molecule has 1 atom stereocenters. The van der Waals surface area contributed by atoms with Crippen molar-refractivity contribution in [3.63, 3.8) is 0 Å². The van der Waals surface area contributed by atoms with E-state index in [9.17, 15) is 31.5 Å². The third-order valence-electron chi connectivity index (χ3n) is 4.25. The van der Waals surface area contributed by atoms with Crippen LogP contribution in [0.3, 0.4) is 0 Å². The van der Waals surface area contributed by atoms with E-state index in [0.29, 0.717) is 10.5 Å². The Morgan fingerprint density at radius 3 is 2.59 bits per heavy atom. The lowest BCUT2D eigenvalue weighted by Crippen LogP contribution is -2.37. The molecule has 1 unspecified atom stereocenters.